The molecular formula is C40H72N4O13. The van der Waals surface area contributed by atoms with E-state index in [4.69, 9.17) is 18.9 Å². The molecule has 0 aliphatic rings. The van der Waals surface area contributed by atoms with Gasteiger partial charge >= 0.3 is 11.9 Å². The van der Waals surface area contributed by atoms with Crippen molar-refractivity contribution >= 4 is 41.4 Å². The minimum atomic E-state index is -1.36. The molecule has 0 heterocycles. The number of amides is 4. The summed E-state index contributed by atoms with van der Waals surface area (Å²) in [4.78, 5) is 82.9. The zero-order chi connectivity index (χ0) is 42.4. The molecule has 0 saturated heterocycles. The molecule has 0 aromatic carbocycles. The van der Waals surface area contributed by atoms with Crippen LogP contribution < -0.4 is 21.3 Å². The number of carboxylic acids is 2. The molecule has 4 amide bonds. The van der Waals surface area contributed by atoms with Crippen molar-refractivity contribution in [2.45, 2.75) is 148 Å². The average molecular weight is 817 g/mol. The van der Waals surface area contributed by atoms with Gasteiger partial charge in [0, 0.05) is 32.4 Å². The minimum Gasteiger partial charge on any atom is -0.480 e. The number of Topliss-reactive ketones (excluding diaryl/α,β-unsaturated/α-hetero) is 1. The molecule has 0 unspecified atom stereocenters. The predicted molar refractivity (Wildman–Crippen MR) is 213 cm³/mol. The van der Waals surface area contributed by atoms with Gasteiger partial charge in [-0.3, -0.25) is 24.0 Å². The van der Waals surface area contributed by atoms with E-state index < -0.39 is 41.7 Å². The van der Waals surface area contributed by atoms with E-state index in [0.29, 0.717) is 19.6 Å². The summed E-state index contributed by atoms with van der Waals surface area (Å²) >= 11 is 0. The van der Waals surface area contributed by atoms with E-state index in [1.807, 2.05) is 0 Å². The largest absolute Gasteiger partial charge is 0.480 e. The molecule has 0 rings (SSSR count). The quantitative estimate of drug-likeness (QED) is 0.0485. The van der Waals surface area contributed by atoms with Gasteiger partial charge in [-0.1, -0.05) is 90.4 Å². The molecule has 0 bridgehead atoms. The van der Waals surface area contributed by atoms with Crippen molar-refractivity contribution in [3.63, 3.8) is 0 Å². The van der Waals surface area contributed by atoms with Gasteiger partial charge in [0.15, 0.2) is 5.78 Å². The molecule has 6 N–H and O–H groups in total. The van der Waals surface area contributed by atoms with E-state index >= 15 is 0 Å². The molecule has 0 aromatic rings. The van der Waals surface area contributed by atoms with E-state index in [2.05, 4.69) is 28.2 Å². The molecule has 0 radical (unpaired) electrons. The van der Waals surface area contributed by atoms with Gasteiger partial charge in [-0.05, 0) is 26.2 Å². The Hall–Kier alpha value is -3.67. The molecule has 2 atom stereocenters. The first kappa shape index (κ1) is 53.3. The maximum Gasteiger partial charge on any atom is 0.326 e. The average Bonchev–Trinajstić information content (AvgIpc) is 3.16. The van der Waals surface area contributed by atoms with Crippen LogP contribution in [0.5, 0.6) is 0 Å². The summed E-state index contributed by atoms with van der Waals surface area (Å²) in [5.74, 6) is -4.58. The summed E-state index contributed by atoms with van der Waals surface area (Å²) < 4.78 is 20.9. The number of unbranched alkanes of at least 4 members (excludes halogenated alkanes) is 13. The van der Waals surface area contributed by atoms with Crippen LogP contribution in [-0.4, -0.2) is 130 Å². The van der Waals surface area contributed by atoms with Crippen LogP contribution in [0.15, 0.2) is 0 Å². The second-order valence-electron chi connectivity index (χ2n) is 14.1. The Morgan fingerprint density at radius 3 is 1.30 bits per heavy atom. The summed E-state index contributed by atoms with van der Waals surface area (Å²) in [5, 5.41) is 29.1. The molecular weight excluding hydrogens is 744 g/mol. The number of rotatable bonds is 41. The number of carbonyl (C=O) groups excluding carboxylic acids is 5. The summed E-state index contributed by atoms with van der Waals surface area (Å²) in [5.41, 5.74) is 0. The number of carbonyl (C=O) groups is 7. The lowest BCUT2D eigenvalue weighted by Crippen LogP contribution is -2.44. The fraction of sp³-hybridized carbons (Fsp3) is 0.825. The lowest BCUT2D eigenvalue weighted by atomic mass is 10.0. The first-order valence-corrected chi connectivity index (χ1v) is 20.8. The summed E-state index contributed by atoms with van der Waals surface area (Å²) in [6.45, 7) is 5.30. The van der Waals surface area contributed by atoms with Crippen LogP contribution in [-0.2, 0) is 52.5 Å². The highest BCUT2D eigenvalue weighted by Crippen LogP contribution is 2.13. The number of aliphatic carboxylic acids is 2. The van der Waals surface area contributed by atoms with Crippen molar-refractivity contribution in [2.75, 3.05) is 65.9 Å². The van der Waals surface area contributed by atoms with Gasteiger partial charge in [-0.25, -0.2) is 9.59 Å². The number of hydrogen-bond acceptors (Lipinski definition) is 11. The molecule has 0 saturated carbocycles. The summed E-state index contributed by atoms with van der Waals surface area (Å²) in [7, 11) is 0. The third-order valence-electron chi connectivity index (χ3n) is 8.76. The second kappa shape index (κ2) is 37.9. The van der Waals surface area contributed by atoms with Crippen LogP contribution in [0.1, 0.15) is 136 Å². The van der Waals surface area contributed by atoms with Gasteiger partial charge in [0.1, 0.15) is 25.3 Å². The lowest BCUT2D eigenvalue weighted by Gasteiger charge is -2.17. The highest BCUT2D eigenvalue weighted by atomic mass is 16.5. The first-order chi connectivity index (χ1) is 27.5. The molecule has 57 heavy (non-hydrogen) atoms. The van der Waals surface area contributed by atoms with Crippen molar-refractivity contribution < 1.29 is 62.7 Å². The third kappa shape index (κ3) is 36.4. The fourth-order valence-corrected chi connectivity index (χ4v) is 5.56. The molecule has 0 spiro atoms. The number of ketones is 1. The third-order valence-corrected chi connectivity index (χ3v) is 8.76. The lowest BCUT2D eigenvalue weighted by molar-refractivity contribution is -0.143. The Balaban J connectivity index is 4.01. The molecule has 0 fully saturated rings. The van der Waals surface area contributed by atoms with Crippen LogP contribution in [0.25, 0.3) is 0 Å². The number of carboxylic acid groups (broad SMARTS) is 2. The topological polar surface area (TPSA) is 245 Å². The van der Waals surface area contributed by atoms with Crippen LogP contribution >= 0.6 is 0 Å². The Kier molecular flexibility index (Phi) is 35.4. The minimum absolute atomic E-state index is 0.0411. The molecule has 17 heteroatoms. The van der Waals surface area contributed by atoms with Gasteiger partial charge in [0.25, 0.3) is 0 Å². The predicted octanol–water partition coefficient (Wildman–Crippen LogP) is 3.44. The highest BCUT2D eigenvalue weighted by Gasteiger charge is 2.24. The van der Waals surface area contributed by atoms with E-state index in [1.165, 1.54) is 71.1 Å². The molecule has 0 aromatic heterocycles. The first-order valence-electron chi connectivity index (χ1n) is 20.8. The van der Waals surface area contributed by atoms with Crippen LogP contribution in [0.2, 0.25) is 0 Å². The van der Waals surface area contributed by atoms with Crippen LogP contribution in [0.4, 0.5) is 0 Å². The van der Waals surface area contributed by atoms with Crippen molar-refractivity contribution in [3.8, 4) is 0 Å². The van der Waals surface area contributed by atoms with E-state index in [9.17, 15) is 43.8 Å². The van der Waals surface area contributed by atoms with Crippen LogP contribution in [0.3, 0.4) is 0 Å². The fourth-order valence-electron chi connectivity index (χ4n) is 5.56. The van der Waals surface area contributed by atoms with Gasteiger partial charge in [-0.15, -0.1) is 0 Å². The van der Waals surface area contributed by atoms with Gasteiger partial charge in [0.2, 0.25) is 23.6 Å². The normalized spacial score (nSPS) is 12.0. The van der Waals surface area contributed by atoms with Crippen molar-refractivity contribution in [1.82, 2.24) is 21.3 Å². The summed E-state index contributed by atoms with van der Waals surface area (Å²) in [6.07, 6.45) is 15.9. The summed E-state index contributed by atoms with van der Waals surface area (Å²) in [6, 6.07) is -2.65. The SMILES string of the molecule is CCCCCCCCCCCCCCCCC(=O)N[C@@H](CCC(=O)N[C@@H](CCC(=O)NCCOCCOCC(=O)NCCOCCOCC(C)=O)C(=O)O)C(=O)O. The Bertz CT molecular complexity index is 1130. The van der Waals surface area contributed by atoms with Gasteiger partial charge in [0.05, 0.1) is 39.6 Å². The van der Waals surface area contributed by atoms with Crippen molar-refractivity contribution in [3.05, 3.63) is 0 Å². The number of nitrogens with one attached hydrogen (secondary N) is 4. The zero-order valence-electron chi connectivity index (χ0n) is 34.5. The molecule has 330 valence electrons. The monoisotopic (exact) mass is 817 g/mol. The van der Waals surface area contributed by atoms with Gasteiger partial charge < -0.3 is 50.4 Å². The smallest absolute Gasteiger partial charge is 0.326 e. The molecule has 17 nitrogen and oxygen atoms in total. The zero-order valence-corrected chi connectivity index (χ0v) is 34.5. The molecule has 0 aliphatic heterocycles. The van der Waals surface area contributed by atoms with Crippen LogP contribution in [0, 0.1) is 0 Å². The maximum absolute atomic E-state index is 12.5. The number of hydrogen-bond donors (Lipinski definition) is 6. The number of ether oxygens (including phenoxy) is 4. The second-order valence-corrected chi connectivity index (χ2v) is 14.1. The standard InChI is InChI=1S/C40H72N4O13/c1-3-4-5-6-7-8-9-10-11-12-13-14-15-16-17-36(47)43-34(40(52)53)19-21-37(48)44-33(39(50)51)18-20-35(46)41-22-24-54-27-29-57-31-38(49)42-23-25-55-26-28-56-30-32(2)45/h33-34H,3-31H2,1-2H3,(H,41,46)(H,42,49)(H,43,47)(H,44,48)(H,50,51)(H,52,53)/t33-,34-/m0/s1. The highest BCUT2D eigenvalue weighted by molar-refractivity contribution is 5.86. The van der Waals surface area contributed by atoms with E-state index in [0.717, 1.165) is 19.3 Å². The van der Waals surface area contributed by atoms with E-state index in [-0.39, 0.29) is 96.6 Å². The van der Waals surface area contributed by atoms with Crippen molar-refractivity contribution in [2.24, 2.45) is 0 Å². The Morgan fingerprint density at radius 1 is 0.456 bits per heavy atom. The maximum atomic E-state index is 12.5. The Morgan fingerprint density at radius 2 is 0.842 bits per heavy atom. The molecule has 0 aliphatic carbocycles. The Labute approximate surface area is 338 Å². The van der Waals surface area contributed by atoms with E-state index in [1.54, 1.807) is 0 Å². The van der Waals surface area contributed by atoms with Gasteiger partial charge in [-0.2, -0.15) is 0 Å². The van der Waals surface area contributed by atoms with Crippen molar-refractivity contribution in [1.29, 1.82) is 0 Å².